The lowest BCUT2D eigenvalue weighted by Crippen LogP contribution is -2.46. The summed E-state index contributed by atoms with van der Waals surface area (Å²) >= 11 is 0. The average molecular weight is 275 g/mol. The maximum atomic E-state index is 12.3. The fourth-order valence-corrected chi connectivity index (χ4v) is 2.68. The number of aromatic nitrogens is 1. The Hall–Kier alpha value is -1.42. The zero-order valence-corrected chi connectivity index (χ0v) is 12.6. The smallest absolute Gasteiger partial charge is 0.239 e. The van der Waals surface area contributed by atoms with Gasteiger partial charge in [0.2, 0.25) is 5.91 Å². The molecule has 0 aliphatic carbocycles. The minimum absolute atomic E-state index is 0.139. The van der Waals surface area contributed by atoms with Crippen molar-refractivity contribution in [3.63, 3.8) is 0 Å². The van der Waals surface area contributed by atoms with Crippen molar-refractivity contribution in [3.8, 4) is 0 Å². The Labute approximate surface area is 121 Å². The first-order valence-electron chi connectivity index (χ1n) is 7.67. The van der Waals surface area contributed by atoms with Crippen molar-refractivity contribution in [1.29, 1.82) is 0 Å². The summed E-state index contributed by atoms with van der Waals surface area (Å²) in [6, 6.07) is 3.92. The van der Waals surface area contributed by atoms with Gasteiger partial charge >= 0.3 is 0 Å². The van der Waals surface area contributed by atoms with Crippen LogP contribution in [0, 0.1) is 0 Å². The standard InChI is InChI=1S/C16H25N3O/c1-3-14-8-7-9-17-15(14)12-18-13(2)16(20)19-10-5-4-6-11-19/h7-9,13,18H,3-6,10-12H2,1-2H3. The molecule has 1 aliphatic rings. The van der Waals surface area contributed by atoms with Crippen LogP contribution in [-0.4, -0.2) is 34.9 Å². The minimum atomic E-state index is -0.139. The number of pyridine rings is 1. The minimum Gasteiger partial charge on any atom is -0.341 e. The van der Waals surface area contributed by atoms with E-state index in [9.17, 15) is 4.79 Å². The van der Waals surface area contributed by atoms with Crippen LogP contribution in [0.3, 0.4) is 0 Å². The maximum absolute atomic E-state index is 12.3. The van der Waals surface area contributed by atoms with E-state index >= 15 is 0 Å². The summed E-state index contributed by atoms with van der Waals surface area (Å²) in [4.78, 5) is 18.7. The van der Waals surface area contributed by atoms with E-state index in [4.69, 9.17) is 0 Å². The third-order valence-corrected chi connectivity index (χ3v) is 3.98. The number of aryl methyl sites for hydroxylation is 1. The van der Waals surface area contributed by atoms with Crippen molar-refractivity contribution in [2.45, 2.75) is 52.1 Å². The molecule has 0 aromatic carbocycles. The Bertz CT molecular complexity index is 441. The van der Waals surface area contributed by atoms with Crippen LogP contribution in [-0.2, 0) is 17.8 Å². The molecule has 2 heterocycles. The topological polar surface area (TPSA) is 45.2 Å². The van der Waals surface area contributed by atoms with Crippen molar-refractivity contribution >= 4 is 5.91 Å². The number of carbonyl (C=O) groups is 1. The molecular formula is C16H25N3O. The first-order valence-corrected chi connectivity index (χ1v) is 7.67. The number of carbonyl (C=O) groups excluding carboxylic acids is 1. The molecule has 0 bridgehead atoms. The fourth-order valence-electron chi connectivity index (χ4n) is 2.68. The molecule has 20 heavy (non-hydrogen) atoms. The Balaban J connectivity index is 1.87. The second-order valence-electron chi connectivity index (χ2n) is 5.45. The summed E-state index contributed by atoms with van der Waals surface area (Å²) in [7, 11) is 0. The van der Waals surface area contributed by atoms with E-state index in [1.807, 2.05) is 24.1 Å². The van der Waals surface area contributed by atoms with Gasteiger partial charge in [0.15, 0.2) is 0 Å². The van der Waals surface area contributed by atoms with Crippen LogP contribution in [0.5, 0.6) is 0 Å². The van der Waals surface area contributed by atoms with Crippen LogP contribution in [0.25, 0.3) is 0 Å². The van der Waals surface area contributed by atoms with E-state index in [2.05, 4.69) is 23.3 Å². The molecule has 1 unspecified atom stereocenters. The van der Waals surface area contributed by atoms with Gasteiger partial charge in [0.05, 0.1) is 11.7 Å². The van der Waals surface area contributed by atoms with Crippen molar-refractivity contribution in [2.75, 3.05) is 13.1 Å². The van der Waals surface area contributed by atoms with E-state index < -0.39 is 0 Å². The lowest BCUT2D eigenvalue weighted by molar-refractivity contribution is -0.133. The van der Waals surface area contributed by atoms with Gasteiger partial charge in [-0.3, -0.25) is 9.78 Å². The van der Waals surface area contributed by atoms with Gasteiger partial charge in [0.25, 0.3) is 0 Å². The summed E-state index contributed by atoms with van der Waals surface area (Å²) < 4.78 is 0. The van der Waals surface area contributed by atoms with Crippen molar-refractivity contribution in [1.82, 2.24) is 15.2 Å². The monoisotopic (exact) mass is 275 g/mol. The van der Waals surface area contributed by atoms with Gasteiger partial charge in [-0.15, -0.1) is 0 Å². The van der Waals surface area contributed by atoms with E-state index in [-0.39, 0.29) is 11.9 Å². The third-order valence-electron chi connectivity index (χ3n) is 3.98. The number of hydrogen-bond acceptors (Lipinski definition) is 3. The van der Waals surface area contributed by atoms with E-state index in [0.29, 0.717) is 6.54 Å². The Kier molecular flexibility index (Phi) is 5.53. The van der Waals surface area contributed by atoms with E-state index in [0.717, 1.165) is 38.0 Å². The molecule has 1 aliphatic heterocycles. The number of amides is 1. The number of nitrogens with one attached hydrogen (secondary N) is 1. The molecular weight excluding hydrogens is 250 g/mol. The molecule has 4 heteroatoms. The second kappa shape index (κ2) is 7.39. The summed E-state index contributed by atoms with van der Waals surface area (Å²) in [6.45, 7) is 6.56. The van der Waals surface area contributed by atoms with Gasteiger partial charge in [-0.1, -0.05) is 13.0 Å². The van der Waals surface area contributed by atoms with Gasteiger partial charge in [0, 0.05) is 25.8 Å². The molecule has 2 rings (SSSR count). The van der Waals surface area contributed by atoms with Crippen molar-refractivity contribution in [2.24, 2.45) is 0 Å². The van der Waals surface area contributed by atoms with Crippen LogP contribution in [0.15, 0.2) is 18.3 Å². The quantitative estimate of drug-likeness (QED) is 0.895. The molecule has 110 valence electrons. The normalized spacial score (nSPS) is 17.0. The van der Waals surface area contributed by atoms with Gasteiger partial charge in [-0.25, -0.2) is 0 Å². The second-order valence-corrected chi connectivity index (χ2v) is 5.45. The van der Waals surface area contributed by atoms with E-state index in [1.165, 1.54) is 12.0 Å². The Morgan fingerprint density at radius 2 is 2.15 bits per heavy atom. The highest BCUT2D eigenvalue weighted by Gasteiger charge is 2.21. The summed E-state index contributed by atoms with van der Waals surface area (Å²) in [5.74, 6) is 0.221. The van der Waals surface area contributed by atoms with Crippen LogP contribution >= 0.6 is 0 Å². The SMILES string of the molecule is CCc1cccnc1CNC(C)C(=O)N1CCCCC1. The molecule has 1 fully saturated rings. The largest absolute Gasteiger partial charge is 0.341 e. The Morgan fingerprint density at radius 3 is 2.85 bits per heavy atom. The zero-order chi connectivity index (χ0) is 14.4. The molecule has 1 aromatic rings. The number of rotatable bonds is 5. The molecule has 1 amide bonds. The molecule has 1 atom stereocenters. The highest BCUT2D eigenvalue weighted by molar-refractivity contribution is 5.81. The molecule has 1 N–H and O–H groups in total. The predicted molar refractivity (Wildman–Crippen MR) is 80.3 cm³/mol. The third kappa shape index (κ3) is 3.79. The Morgan fingerprint density at radius 1 is 1.40 bits per heavy atom. The van der Waals surface area contributed by atoms with Crippen molar-refractivity contribution < 1.29 is 4.79 Å². The number of nitrogens with zero attached hydrogens (tertiary/aromatic N) is 2. The molecule has 0 saturated carbocycles. The number of hydrogen-bond donors (Lipinski definition) is 1. The average Bonchev–Trinajstić information content (AvgIpc) is 2.53. The van der Waals surface area contributed by atoms with Crippen LogP contribution in [0.1, 0.15) is 44.4 Å². The molecule has 0 spiro atoms. The molecule has 1 aromatic heterocycles. The van der Waals surface area contributed by atoms with Crippen LogP contribution in [0.4, 0.5) is 0 Å². The lowest BCUT2D eigenvalue weighted by Gasteiger charge is -2.29. The molecule has 1 saturated heterocycles. The van der Waals surface area contributed by atoms with E-state index in [1.54, 1.807) is 0 Å². The first-order chi connectivity index (χ1) is 9.72. The van der Waals surface area contributed by atoms with Crippen LogP contribution < -0.4 is 5.32 Å². The van der Waals surface area contributed by atoms with Gasteiger partial charge in [0.1, 0.15) is 0 Å². The zero-order valence-electron chi connectivity index (χ0n) is 12.6. The molecule has 4 nitrogen and oxygen atoms in total. The van der Waals surface area contributed by atoms with Crippen molar-refractivity contribution in [3.05, 3.63) is 29.6 Å². The summed E-state index contributed by atoms with van der Waals surface area (Å²) in [5, 5.41) is 3.32. The van der Waals surface area contributed by atoms with Crippen LogP contribution in [0.2, 0.25) is 0 Å². The highest BCUT2D eigenvalue weighted by atomic mass is 16.2. The summed E-state index contributed by atoms with van der Waals surface area (Å²) in [6.07, 6.45) is 6.31. The number of likely N-dealkylation sites (tertiary alicyclic amines) is 1. The van der Waals surface area contributed by atoms with Gasteiger partial charge in [-0.2, -0.15) is 0 Å². The number of piperidine rings is 1. The summed E-state index contributed by atoms with van der Waals surface area (Å²) in [5.41, 5.74) is 2.30. The fraction of sp³-hybridized carbons (Fsp3) is 0.625. The maximum Gasteiger partial charge on any atom is 0.239 e. The predicted octanol–water partition coefficient (Wildman–Crippen LogP) is 2.13. The first kappa shape index (κ1) is 15.0. The van der Waals surface area contributed by atoms with Gasteiger partial charge in [-0.05, 0) is 44.2 Å². The highest BCUT2D eigenvalue weighted by Crippen LogP contribution is 2.11. The van der Waals surface area contributed by atoms with Gasteiger partial charge < -0.3 is 10.2 Å². The lowest BCUT2D eigenvalue weighted by atomic mass is 10.1. The molecule has 0 radical (unpaired) electrons.